The quantitative estimate of drug-likeness (QED) is 0.914. The predicted octanol–water partition coefficient (Wildman–Crippen LogP) is 1.58. The topological polar surface area (TPSA) is 76.4 Å². The highest BCUT2D eigenvalue weighted by Gasteiger charge is 2.08. The Labute approximate surface area is 104 Å². The number of benzene rings is 1. The first-order valence-corrected chi connectivity index (χ1v) is 6.99. The largest absolute Gasteiger partial charge is 0.478 e. The Morgan fingerprint density at radius 3 is 2.22 bits per heavy atom. The van der Waals surface area contributed by atoms with Crippen molar-refractivity contribution in [3.05, 3.63) is 48.3 Å². The zero-order valence-corrected chi connectivity index (χ0v) is 10.4. The summed E-state index contributed by atoms with van der Waals surface area (Å²) in [5, 5.41) is 8.80. The Morgan fingerprint density at radius 1 is 1.17 bits per heavy atom. The van der Waals surface area contributed by atoms with Crippen LogP contribution in [0.1, 0.15) is 10.4 Å². The van der Waals surface area contributed by atoms with Crippen LogP contribution in [0, 0.1) is 0 Å². The van der Waals surface area contributed by atoms with Gasteiger partial charge in [-0.3, -0.25) is 0 Å². The molecule has 5 nitrogen and oxygen atoms in total. The molecular formula is C12H11NO4S. The lowest BCUT2D eigenvalue weighted by Gasteiger charge is -2.03. The van der Waals surface area contributed by atoms with Gasteiger partial charge in [0.05, 0.1) is 10.5 Å². The fraction of sp³-hybridized carbons (Fsp3) is 0.0833. The van der Waals surface area contributed by atoms with Gasteiger partial charge < -0.3 is 9.67 Å². The van der Waals surface area contributed by atoms with E-state index < -0.39 is 15.8 Å². The van der Waals surface area contributed by atoms with Crippen molar-refractivity contribution < 1.29 is 18.3 Å². The van der Waals surface area contributed by atoms with E-state index in [1.54, 1.807) is 22.9 Å². The number of carboxylic acids is 1. The lowest BCUT2D eigenvalue weighted by molar-refractivity contribution is 0.0697. The Morgan fingerprint density at radius 2 is 1.78 bits per heavy atom. The summed E-state index contributed by atoms with van der Waals surface area (Å²) in [5.41, 5.74) is 0.886. The maximum absolute atomic E-state index is 11.3. The molecule has 1 N–H and O–H groups in total. The summed E-state index contributed by atoms with van der Waals surface area (Å²) in [7, 11) is -3.21. The minimum atomic E-state index is -3.21. The third-order valence-electron chi connectivity index (χ3n) is 2.50. The standard InChI is InChI=1S/C12H11NO4S/c1-18(16,17)11-4-2-10(3-5-11)13-7-6-9(8-13)12(14)15/h2-8H,1H3,(H,14,15). The molecule has 0 unspecified atom stereocenters. The number of aromatic nitrogens is 1. The second-order valence-corrected chi connectivity index (χ2v) is 5.89. The number of nitrogens with zero attached hydrogens (tertiary/aromatic N) is 1. The van der Waals surface area contributed by atoms with E-state index in [0.29, 0.717) is 5.69 Å². The van der Waals surface area contributed by atoms with Crippen molar-refractivity contribution in [3.8, 4) is 5.69 Å². The molecule has 0 fully saturated rings. The molecule has 6 heteroatoms. The van der Waals surface area contributed by atoms with Crippen molar-refractivity contribution in [1.82, 2.24) is 4.57 Å². The first-order valence-electron chi connectivity index (χ1n) is 5.10. The number of rotatable bonds is 3. The Balaban J connectivity index is 2.37. The van der Waals surface area contributed by atoms with E-state index in [1.807, 2.05) is 0 Å². The molecule has 0 radical (unpaired) electrons. The van der Waals surface area contributed by atoms with Crippen LogP contribution in [0.4, 0.5) is 0 Å². The van der Waals surface area contributed by atoms with Gasteiger partial charge in [-0.2, -0.15) is 0 Å². The minimum Gasteiger partial charge on any atom is -0.478 e. The fourth-order valence-electron chi connectivity index (χ4n) is 1.55. The van der Waals surface area contributed by atoms with Crippen LogP contribution in [0.3, 0.4) is 0 Å². The van der Waals surface area contributed by atoms with Gasteiger partial charge >= 0.3 is 5.97 Å². The van der Waals surface area contributed by atoms with Crippen LogP contribution < -0.4 is 0 Å². The molecule has 0 saturated heterocycles. The fourth-order valence-corrected chi connectivity index (χ4v) is 2.18. The number of hydrogen-bond donors (Lipinski definition) is 1. The van der Waals surface area contributed by atoms with E-state index in [4.69, 9.17) is 5.11 Å². The highest BCUT2D eigenvalue weighted by Crippen LogP contribution is 2.15. The Hall–Kier alpha value is -2.08. The number of carboxylic acid groups (broad SMARTS) is 1. The highest BCUT2D eigenvalue weighted by molar-refractivity contribution is 7.90. The van der Waals surface area contributed by atoms with Crippen molar-refractivity contribution in [2.75, 3.05) is 6.26 Å². The zero-order chi connectivity index (χ0) is 13.3. The van der Waals surface area contributed by atoms with Crippen molar-refractivity contribution >= 4 is 15.8 Å². The van der Waals surface area contributed by atoms with Crippen molar-refractivity contribution in [1.29, 1.82) is 0 Å². The molecule has 0 spiro atoms. The van der Waals surface area contributed by atoms with Gasteiger partial charge in [0.15, 0.2) is 9.84 Å². The minimum absolute atomic E-state index is 0.183. The average Bonchev–Trinajstić information content (AvgIpc) is 2.77. The van der Waals surface area contributed by atoms with Crippen LogP contribution >= 0.6 is 0 Å². The van der Waals surface area contributed by atoms with Gasteiger partial charge in [0, 0.05) is 24.3 Å². The smallest absolute Gasteiger partial charge is 0.337 e. The second-order valence-electron chi connectivity index (χ2n) is 3.88. The van der Waals surface area contributed by atoms with Gasteiger partial charge in [0.25, 0.3) is 0 Å². The van der Waals surface area contributed by atoms with E-state index in [9.17, 15) is 13.2 Å². The first kappa shape index (κ1) is 12.4. The summed E-state index contributed by atoms with van der Waals surface area (Å²) in [5.74, 6) is -0.999. The van der Waals surface area contributed by atoms with Gasteiger partial charge in [0.2, 0.25) is 0 Å². The van der Waals surface area contributed by atoms with Crippen LogP contribution in [-0.4, -0.2) is 30.3 Å². The first-order chi connectivity index (χ1) is 8.38. The third-order valence-corrected chi connectivity index (χ3v) is 3.63. The number of sulfone groups is 1. The van der Waals surface area contributed by atoms with Gasteiger partial charge in [-0.1, -0.05) is 0 Å². The van der Waals surface area contributed by atoms with Gasteiger partial charge in [-0.25, -0.2) is 13.2 Å². The van der Waals surface area contributed by atoms with Gasteiger partial charge in [-0.15, -0.1) is 0 Å². The SMILES string of the molecule is CS(=O)(=O)c1ccc(-n2ccc(C(=O)O)c2)cc1. The third kappa shape index (κ3) is 2.43. The number of carbonyl (C=O) groups is 1. The van der Waals surface area contributed by atoms with E-state index in [2.05, 4.69) is 0 Å². The molecule has 0 aliphatic heterocycles. The van der Waals surface area contributed by atoms with E-state index in [-0.39, 0.29) is 10.5 Å². The molecule has 0 bridgehead atoms. The van der Waals surface area contributed by atoms with Gasteiger partial charge in [0.1, 0.15) is 0 Å². The Bertz CT molecular complexity index is 683. The molecule has 1 aromatic heterocycles. The molecule has 0 aliphatic carbocycles. The number of hydrogen-bond acceptors (Lipinski definition) is 3. The van der Waals surface area contributed by atoms with Crippen LogP contribution in [0.5, 0.6) is 0 Å². The molecule has 1 heterocycles. The summed E-state index contributed by atoms with van der Waals surface area (Å²) in [6.45, 7) is 0. The molecule has 0 amide bonds. The average molecular weight is 265 g/mol. The highest BCUT2D eigenvalue weighted by atomic mass is 32.2. The summed E-state index contributed by atoms with van der Waals surface area (Å²) in [6.07, 6.45) is 4.22. The summed E-state index contributed by atoms with van der Waals surface area (Å²) >= 11 is 0. The van der Waals surface area contributed by atoms with Crippen molar-refractivity contribution in [3.63, 3.8) is 0 Å². The van der Waals surface area contributed by atoms with Crippen LogP contribution in [0.15, 0.2) is 47.6 Å². The number of aromatic carboxylic acids is 1. The molecule has 0 aliphatic rings. The Kier molecular flexibility index (Phi) is 2.96. The maximum atomic E-state index is 11.3. The van der Waals surface area contributed by atoms with E-state index in [1.165, 1.54) is 24.4 Å². The van der Waals surface area contributed by atoms with Crippen molar-refractivity contribution in [2.45, 2.75) is 4.90 Å². The lowest BCUT2D eigenvalue weighted by Crippen LogP contribution is -1.98. The molecule has 2 aromatic rings. The molecule has 0 atom stereocenters. The van der Waals surface area contributed by atoms with E-state index >= 15 is 0 Å². The molecule has 18 heavy (non-hydrogen) atoms. The van der Waals surface area contributed by atoms with Crippen LogP contribution in [-0.2, 0) is 9.84 Å². The normalized spacial score (nSPS) is 11.4. The second kappa shape index (κ2) is 4.30. The summed E-state index contributed by atoms with van der Waals surface area (Å²) in [4.78, 5) is 11.0. The van der Waals surface area contributed by atoms with Crippen LogP contribution in [0.2, 0.25) is 0 Å². The molecule has 2 rings (SSSR count). The van der Waals surface area contributed by atoms with E-state index in [0.717, 1.165) is 6.26 Å². The van der Waals surface area contributed by atoms with Gasteiger partial charge in [-0.05, 0) is 30.3 Å². The maximum Gasteiger partial charge on any atom is 0.337 e. The zero-order valence-electron chi connectivity index (χ0n) is 9.57. The molecule has 1 aromatic carbocycles. The lowest BCUT2D eigenvalue weighted by atomic mass is 10.3. The monoisotopic (exact) mass is 265 g/mol. The summed E-state index contributed by atoms with van der Waals surface area (Å²) in [6, 6.07) is 7.72. The summed E-state index contributed by atoms with van der Waals surface area (Å²) < 4.78 is 24.2. The van der Waals surface area contributed by atoms with Crippen molar-refractivity contribution in [2.24, 2.45) is 0 Å². The predicted molar refractivity (Wildman–Crippen MR) is 65.8 cm³/mol. The molecular weight excluding hydrogens is 254 g/mol. The molecule has 94 valence electrons. The molecule has 0 saturated carbocycles. The van der Waals surface area contributed by atoms with Crippen LogP contribution in [0.25, 0.3) is 5.69 Å².